The Morgan fingerprint density at radius 3 is 2.05 bits per heavy atom. The second-order valence-electron chi connectivity index (χ2n) is 6.42. The maximum atomic E-state index is 10.5. The van der Waals surface area contributed by atoms with Gasteiger partial charge < -0.3 is 10.4 Å². The van der Waals surface area contributed by atoms with E-state index in [4.69, 9.17) is 0 Å². The summed E-state index contributed by atoms with van der Waals surface area (Å²) >= 11 is 0. The molecule has 0 aliphatic heterocycles. The molecule has 0 radical (unpaired) electrons. The van der Waals surface area contributed by atoms with Crippen LogP contribution in [0.15, 0.2) is 30.3 Å². The van der Waals surface area contributed by atoms with Crippen LogP contribution < -0.4 is 5.32 Å². The molecule has 0 fully saturated rings. The largest absolute Gasteiger partial charge is 0.384 e. The summed E-state index contributed by atoms with van der Waals surface area (Å²) in [6.45, 7) is 12.5. The Kier molecular flexibility index (Phi) is 6.02. The molecule has 1 aromatic carbocycles. The van der Waals surface area contributed by atoms with Crippen LogP contribution in [0, 0.1) is 17.8 Å². The smallest absolute Gasteiger partial charge is 0.0992 e. The van der Waals surface area contributed by atoms with Gasteiger partial charge in [-0.25, -0.2) is 0 Å². The van der Waals surface area contributed by atoms with E-state index < -0.39 is 5.60 Å². The lowest BCUT2D eigenvalue weighted by atomic mass is 9.85. The Balaban J connectivity index is 2.52. The van der Waals surface area contributed by atoms with Gasteiger partial charge in [0.25, 0.3) is 0 Å². The van der Waals surface area contributed by atoms with Gasteiger partial charge in [0.2, 0.25) is 0 Å². The molecule has 2 N–H and O–H groups in total. The Bertz CT molecular complexity index is 349. The van der Waals surface area contributed by atoms with Crippen LogP contribution in [-0.4, -0.2) is 18.2 Å². The molecule has 1 aromatic rings. The first-order valence-electron chi connectivity index (χ1n) is 7.33. The van der Waals surface area contributed by atoms with E-state index in [2.05, 4.69) is 33.0 Å². The van der Waals surface area contributed by atoms with Crippen LogP contribution >= 0.6 is 0 Å². The highest BCUT2D eigenvalue weighted by Crippen LogP contribution is 2.21. The summed E-state index contributed by atoms with van der Waals surface area (Å²) in [5, 5.41) is 14.0. The van der Waals surface area contributed by atoms with Crippen LogP contribution in [0.4, 0.5) is 0 Å². The van der Waals surface area contributed by atoms with Gasteiger partial charge in [0.15, 0.2) is 0 Å². The van der Waals surface area contributed by atoms with Crippen LogP contribution in [0.3, 0.4) is 0 Å². The molecule has 0 aliphatic rings. The molecule has 2 heteroatoms. The van der Waals surface area contributed by atoms with Crippen molar-refractivity contribution in [1.29, 1.82) is 0 Å². The van der Waals surface area contributed by atoms with Crippen molar-refractivity contribution < 1.29 is 5.11 Å². The van der Waals surface area contributed by atoms with Gasteiger partial charge >= 0.3 is 0 Å². The predicted octanol–water partition coefficient (Wildman–Crippen LogP) is 3.41. The van der Waals surface area contributed by atoms with Gasteiger partial charge in [-0.1, -0.05) is 58.0 Å². The van der Waals surface area contributed by atoms with Gasteiger partial charge in [0, 0.05) is 6.54 Å². The third kappa shape index (κ3) is 4.96. The van der Waals surface area contributed by atoms with Gasteiger partial charge in [-0.15, -0.1) is 0 Å². The van der Waals surface area contributed by atoms with E-state index in [0.717, 1.165) is 12.1 Å². The van der Waals surface area contributed by atoms with Crippen molar-refractivity contribution in [3.05, 3.63) is 35.9 Å². The summed E-state index contributed by atoms with van der Waals surface area (Å²) in [5.41, 5.74) is 0.160. The maximum Gasteiger partial charge on any atom is 0.0992 e. The zero-order chi connectivity index (χ0) is 14.5. The predicted molar refractivity (Wildman–Crippen MR) is 82.0 cm³/mol. The van der Waals surface area contributed by atoms with Crippen LogP contribution in [0.5, 0.6) is 0 Å². The minimum absolute atomic E-state index is 0.590. The van der Waals surface area contributed by atoms with Crippen LogP contribution in [0.1, 0.15) is 40.2 Å². The fraction of sp³-hybridized carbons (Fsp3) is 0.647. The van der Waals surface area contributed by atoms with Gasteiger partial charge in [0.05, 0.1) is 5.60 Å². The van der Waals surface area contributed by atoms with E-state index in [-0.39, 0.29) is 0 Å². The minimum Gasteiger partial charge on any atom is -0.384 e. The highest BCUT2D eigenvalue weighted by molar-refractivity contribution is 5.21. The molecule has 0 aliphatic carbocycles. The normalized spacial score (nSPS) is 15.2. The molecule has 19 heavy (non-hydrogen) atoms. The van der Waals surface area contributed by atoms with Crippen molar-refractivity contribution >= 4 is 0 Å². The van der Waals surface area contributed by atoms with E-state index in [9.17, 15) is 5.11 Å². The molecule has 0 spiro atoms. The quantitative estimate of drug-likeness (QED) is 0.790. The summed E-state index contributed by atoms with van der Waals surface area (Å²) in [6, 6.07) is 9.86. The molecule has 0 saturated carbocycles. The second kappa shape index (κ2) is 7.06. The molecule has 1 unspecified atom stereocenters. The third-order valence-electron chi connectivity index (χ3n) is 3.96. The summed E-state index contributed by atoms with van der Waals surface area (Å²) in [7, 11) is 0. The molecule has 2 nitrogen and oxygen atoms in total. The molecular formula is C17H29NO. The number of benzene rings is 1. The molecular weight excluding hydrogens is 234 g/mol. The first kappa shape index (κ1) is 16.2. The lowest BCUT2D eigenvalue weighted by Gasteiger charge is -2.29. The SMILES string of the molecule is CC(C)C(CNCC(C)(O)c1ccccc1)C(C)C. The van der Waals surface area contributed by atoms with E-state index in [1.165, 1.54) is 0 Å². The lowest BCUT2D eigenvalue weighted by Crippen LogP contribution is -2.39. The van der Waals surface area contributed by atoms with E-state index in [1.807, 2.05) is 37.3 Å². The van der Waals surface area contributed by atoms with Crippen LogP contribution in [-0.2, 0) is 5.60 Å². The average Bonchev–Trinajstić information content (AvgIpc) is 2.34. The van der Waals surface area contributed by atoms with Crippen molar-refractivity contribution in [2.75, 3.05) is 13.1 Å². The molecule has 0 bridgehead atoms. The number of rotatable bonds is 7. The molecule has 1 atom stereocenters. The van der Waals surface area contributed by atoms with E-state index >= 15 is 0 Å². The van der Waals surface area contributed by atoms with Crippen molar-refractivity contribution in [2.24, 2.45) is 17.8 Å². The molecule has 0 saturated heterocycles. The standard InChI is InChI=1S/C17H29NO/c1-13(2)16(14(3)4)11-18-12-17(5,19)15-9-7-6-8-10-15/h6-10,13-14,16,18-19H,11-12H2,1-5H3. The third-order valence-corrected chi connectivity index (χ3v) is 3.96. The maximum absolute atomic E-state index is 10.5. The lowest BCUT2D eigenvalue weighted by molar-refractivity contribution is 0.0544. The first-order chi connectivity index (χ1) is 8.84. The number of nitrogens with one attached hydrogen (secondary N) is 1. The second-order valence-corrected chi connectivity index (χ2v) is 6.42. The Labute approximate surface area is 118 Å². The molecule has 0 aromatic heterocycles. The molecule has 108 valence electrons. The summed E-state index contributed by atoms with van der Waals surface area (Å²) in [6.07, 6.45) is 0. The van der Waals surface area contributed by atoms with Crippen molar-refractivity contribution in [1.82, 2.24) is 5.32 Å². The summed E-state index contributed by atoms with van der Waals surface area (Å²) in [4.78, 5) is 0. The van der Waals surface area contributed by atoms with Gasteiger partial charge in [-0.2, -0.15) is 0 Å². The van der Waals surface area contributed by atoms with Gasteiger partial charge in [0.1, 0.15) is 0 Å². The molecule has 1 rings (SSSR count). The summed E-state index contributed by atoms with van der Waals surface area (Å²) < 4.78 is 0. The first-order valence-corrected chi connectivity index (χ1v) is 7.33. The highest BCUT2D eigenvalue weighted by atomic mass is 16.3. The Morgan fingerprint density at radius 1 is 1.05 bits per heavy atom. The highest BCUT2D eigenvalue weighted by Gasteiger charge is 2.24. The van der Waals surface area contributed by atoms with E-state index in [1.54, 1.807) is 0 Å². The van der Waals surface area contributed by atoms with Gasteiger partial charge in [-0.05, 0) is 36.8 Å². The fourth-order valence-corrected chi connectivity index (χ4v) is 2.62. The number of hydrogen-bond donors (Lipinski definition) is 2. The minimum atomic E-state index is -0.806. The van der Waals surface area contributed by atoms with Crippen LogP contribution in [0.2, 0.25) is 0 Å². The van der Waals surface area contributed by atoms with Crippen LogP contribution in [0.25, 0.3) is 0 Å². The molecule has 0 amide bonds. The monoisotopic (exact) mass is 263 g/mol. The van der Waals surface area contributed by atoms with Gasteiger partial charge in [-0.3, -0.25) is 0 Å². The molecule has 0 heterocycles. The van der Waals surface area contributed by atoms with E-state index in [0.29, 0.717) is 24.3 Å². The number of hydrogen-bond acceptors (Lipinski definition) is 2. The number of aliphatic hydroxyl groups is 1. The van der Waals surface area contributed by atoms with Crippen molar-refractivity contribution in [3.8, 4) is 0 Å². The summed E-state index contributed by atoms with van der Waals surface area (Å²) in [5.74, 6) is 1.97. The topological polar surface area (TPSA) is 32.3 Å². The van der Waals surface area contributed by atoms with Crippen molar-refractivity contribution in [2.45, 2.75) is 40.2 Å². The van der Waals surface area contributed by atoms with Crippen molar-refractivity contribution in [3.63, 3.8) is 0 Å². The zero-order valence-electron chi connectivity index (χ0n) is 13.0. The average molecular weight is 263 g/mol. The zero-order valence-corrected chi connectivity index (χ0v) is 13.0. The Hall–Kier alpha value is -0.860. The fourth-order valence-electron chi connectivity index (χ4n) is 2.62. The Morgan fingerprint density at radius 2 is 1.58 bits per heavy atom.